The Balaban J connectivity index is 4.12. The highest BCUT2D eigenvalue weighted by Gasteiger charge is 2.21. The molecule has 0 saturated carbocycles. The molecule has 0 aliphatic rings. The van der Waals surface area contributed by atoms with Gasteiger partial charge in [0.05, 0.1) is 0 Å². The van der Waals surface area contributed by atoms with Crippen LogP contribution in [0.1, 0.15) is 40.0 Å². The van der Waals surface area contributed by atoms with Crippen LogP contribution >= 0.6 is 0 Å². The molecule has 5 heteroatoms. The van der Waals surface area contributed by atoms with Gasteiger partial charge in [0.25, 0.3) is 5.91 Å². The van der Waals surface area contributed by atoms with Gasteiger partial charge >= 0.3 is 6.09 Å². The highest BCUT2D eigenvalue weighted by molar-refractivity contribution is 5.82. The van der Waals surface area contributed by atoms with Gasteiger partial charge in [-0.3, -0.25) is 4.79 Å². The molecule has 0 aliphatic carbocycles. The number of carbonyl (C=O) groups is 2. The fraction of sp³-hybridized carbons (Fsp3) is 0.818. The zero-order valence-electron chi connectivity index (χ0n) is 10.5. The summed E-state index contributed by atoms with van der Waals surface area (Å²) in [6.45, 7) is 6.37. The lowest BCUT2D eigenvalue weighted by molar-refractivity contribution is -0.129. The van der Waals surface area contributed by atoms with Crippen molar-refractivity contribution >= 4 is 12.0 Å². The van der Waals surface area contributed by atoms with Gasteiger partial charge < -0.3 is 15.8 Å². The van der Waals surface area contributed by atoms with Crippen molar-refractivity contribution in [2.75, 3.05) is 7.05 Å². The van der Waals surface area contributed by atoms with Gasteiger partial charge in [0, 0.05) is 7.05 Å². The van der Waals surface area contributed by atoms with Crippen LogP contribution in [0.25, 0.3) is 0 Å². The molecular formula is C11H22N2O3. The number of carbonyl (C=O) groups excluding carboxylic acids is 2. The molecule has 1 atom stereocenters. The highest BCUT2D eigenvalue weighted by atomic mass is 16.6. The minimum atomic E-state index is -0.913. The lowest BCUT2D eigenvalue weighted by Gasteiger charge is -2.20. The standard InChI is InChI=1S/C11H22N2O3/c1-11(2,3)7-5-6-8(9(14)13-4)16-10(12)15/h8H,5-7H2,1-4H3,(H2,12,15)(H,13,14)/t8-/m0/s1. The van der Waals surface area contributed by atoms with Crippen LogP contribution < -0.4 is 11.1 Å². The number of nitrogens with two attached hydrogens (primary N) is 1. The van der Waals surface area contributed by atoms with E-state index in [9.17, 15) is 9.59 Å². The summed E-state index contributed by atoms with van der Waals surface area (Å²) in [7, 11) is 1.50. The normalized spacial score (nSPS) is 13.0. The second-order valence-electron chi connectivity index (χ2n) is 4.99. The van der Waals surface area contributed by atoms with E-state index in [4.69, 9.17) is 10.5 Å². The van der Waals surface area contributed by atoms with Gasteiger partial charge in [0.15, 0.2) is 6.10 Å². The molecule has 16 heavy (non-hydrogen) atoms. The first-order chi connectivity index (χ1) is 7.26. The maximum atomic E-state index is 11.4. The van der Waals surface area contributed by atoms with Gasteiger partial charge in [-0.15, -0.1) is 0 Å². The monoisotopic (exact) mass is 230 g/mol. The number of amides is 2. The SMILES string of the molecule is CNC(=O)[C@H](CCCC(C)(C)C)OC(N)=O. The smallest absolute Gasteiger partial charge is 0.405 e. The van der Waals surface area contributed by atoms with Crippen LogP contribution in [0.5, 0.6) is 0 Å². The summed E-state index contributed by atoms with van der Waals surface area (Å²) in [5, 5.41) is 2.45. The van der Waals surface area contributed by atoms with Gasteiger partial charge in [0.2, 0.25) is 0 Å². The van der Waals surface area contributed by atoms with Gasteiger partial charge in [-0.25, -0.2) is 4.79 Å². The van der Waals surface area contributed by atoms with Crippen LogP contribution in [0.15, 0.2) is 0 Å². The van der Waals surface area contributed by atoms with E-state index >= 15 is 0 Å². The highest BCUT2D eigenvalue weighted by Crippen LogP contribution is 2.22. The van der Waals surface area contributed by atoms with E-state index in [1.807, 2.05) is 0 Å². The molecule has 0 aromatic heterocycles. The summed E-state index contributed by atoms with van der Waals surface area (Å²) in [6.07, 6.45) is 0.589. The van der Waals surface area contributed by atoms with E-state index < -0.39 is 12.2 Å². The maximum Gasteiger partial charge on any atom is 0.405 e. The summed E-state index contributed by atoms with van der Waals surface area (Å²) < 4.78 is 4.74. The number of ether oxygens (including phenoxy) is 1. The summed E-state index contributed by atoms with van der Waals surface area (Å²) in [4.78, 5) is 22.0. The van der Waals surface area contributed by atoms with Crippen LogP contribution in [0.3, 0.4) is 0 Å². The molecular weight excluding hydrogens is 208 g/mol. The van der Waals surface area contributed by atoms with Crippen molar-refractivity contribution in [1.29, 1.82) is 0 Å². The number of nitrogens with one attached hydrogen (secondary N) is 1. The Hall–Kier alpha value is -1.26. The third kappa shape index (κ3) is 7.09. The molecule has 0 unspecified atom stereocenters. The van der Waals surface area contributed by atoms with Gasteiger partial charge in [0.1, 0.15) is 0 Å². The van der Waals surface area contributed by atoms with E-state index in [1.54, 1.807) is 0 Å². The molecule has 0 aliphatic heterocycles. The zero-order valence-corrected chi connectivity index (χ0v) is 10.5. The van der Waals surface area contributed by atoms with E-state index in [0.717, 1.165) is 12.8 Å². The van der Waals surface area contributed by atoms with Crippen molar-refractivity contribution in [2.45, 2.75) is 46.1 Å². The Morgan fingerprint density at radius 3 is 2.31 bits per heavy atom. The second-order valence-corrected chi connectivity index (χ2v) is 4.99. The zero-order chi connectivity index (χ0) is 12.8. The Labute approximate surface area is 96.7 Å². The minimum Gasteiger partial charge on any atom is -0.436 e. The van der Waals surface area contributed by atoms with Crippen molar-refractivity contribution in [1.82, 2.24) is 5.32 Å². The molecule has 0 aromatic carbocycles. The first kappa shape index (κ1) is 14.7. The fourth-order valence-corrected chi connectivity index (χ4v) is 1.36. The van der Waals surface area contributed by atoms with E-state index in [0.29, 0.717) is 6.42 Å². The molecule has 0 fully saturated rings. The van der Waals surface area contributed by atoms with Crippen molar-refractivity contribution in [2.24, 2.45) is 11.1 Å². The first-order valence-corrected chi connectivity index (χ1v) is 5.44. The Bertz CT molecular complexity index is 246. The topological polar surface area (TPSA) is 81.4 Å². The molecule has 3 N–H and O–H groups in total. The predicted octanol–water partition coefficient (Wildman–Crippen LogP) is 1.41. The average Bonchev–Trinajstić information content (AvgIpc) is 2.12. The van der Waals surface area contributed by atoms with Crippen molar-refractivity contribution < 1.29 is 14.3 Å². The van der Waals surface area contributed by atoms with Gasteiger partial charge in [-0.2, -0.15) is 0 Å². The maximum absolute atomic E-state index is 11.4. The number of likely N-dealkylation sites (N-methyl/N-ethyl adjacent to an activating group) is 1. The number of hydrogen-bond donors (Lipinski definition) is 2. The van der Waals surface area contributed by atoms with Crippen LogP contribution in [0.4, 0.5) is 4.79 Å². The summed E-state index contributed by atoms with van der Waals surface area (Å²) >= 11 is 0. The number of rotatable bonds is 5. The molecule has 0 aromatic rings. The average molecular weight is 230 g/mol. The van der Waals surface area contributed by atoms with Crippen LogP contribution in [-0.4, -0.2) is 25.2 Å². The number of hydrogen-bond acceptors (Lipinski definition) is 3. The molecule has 2 amide bonds. The van der Waals surface area contributed by atoms with Crippen molar-refractivity contribution in [3.8, 4) is 0 Å². The van der Waals surface area contributed by atoms with Gasteiger partial charge in [-0.05, 0) is 24.7 Å². The largest absolute Gasteiger partial charge is 0.436 e. The molecule has 94 valence electrons. The van der Waals surface area contributed by atoms with Crippen LogP contribution in [-0.2, 0) is 9.53 Å². The number of primary amides is 1. The molecule has 5 nitrogen and oxygen atoms in total. The molecule has 0 bridgehead atoms. The Morgan fingerprint density at radius 1 is 1.38 bits per heavy atom. The molecule has 0 heterocycles. The van der Waals surface area contributed by atoms with Crippen molar-refractivity contribution in [3.05, 3.63) is 0 Å². The minimum absolute atomic E-state index is 0.208. The third-order valence-electron chi connectivity index (χ3n) is 2.19. The molecule has 0 spiro atoms. The van der Waals surface area contributed by atoms with E-state index in [-0.39, 0.29) is 11.3 Å². The molecule has 0 rings (SSSR count). The summed E-state index contributed by atoms with van der Waals surface area (Å²) in [5.41, 5.74) is 5.11. The summed E-state index contributed by atoms with van der Waals surface area (Å²) in [5.74, 6) is -0.312. The van der Waals surface area contributed by atoms with E-state index in [2.05, 4.69) is 26.1 Å². The van der Waals surface area contributed by atoms with Crippen molar-refractivity contribution in [3.63, 3.8) is 0 Å². The third-order valence-corrected chi connectivity index (χ3v) is 2.19. The molecule has 0 radical (unpaired) electrons. The summed E-state index contributed by atoms with van der Waals surface area (Å²) in [6, 6.07) is 0. The Kier molecular flexibility index (Phi) is 5.85. The fourth-order valence-electron chi connectivity index (χ4n) is 1.36. The van der Waals surface area contributed by atoms with Crippen LogP contribution in [0, 0.1) is 5.41 Å². The Morgan fingerprint density at radius 2 is 1.94 bits per heavy atom. The predicted molar refractivity (Wildman–Crippen MR) is 61.8 cm³/mol. The lowest BCUT2D eigenvalue weighted by atomic mass is 9.89. The second kappa shape index (κ2) is 6.35. The van der Waals surface area contributed by atoms with Crippen LogP contribution in [0.2, 0.25) is 0 Å². The quantitative estimate of drug-likeness (QED) is 0.749. The van der Waals surface area contributed by atoms with E-state index in [1.165, 1.54) is 7.05 Å². The lowest BCUT2D eigenvalue weighted by Crippen LogP contribution is -2.37. The van der Waals surface area contributed by atoms with Gasteiger partial charge in [-0.1, -0.05) is 20.8 Å². The molecule has 0 saturated heterocycles. The first-order valence-electron chi connectivity index (χ1n) is 5.44.